The fourth-order valence-corrected chi connectivity index (χ4v) is 2.21. The number of hydrogen-bond donors (Lipinski definition) is 1. The maximum absolute atomic E-state index is 13.7. The fourth-order valence-electron chi connectivity index (χ4n) is 2.21. The lowest BCUT2D eigenvalue weighted by molar-refractivity contribution is 0.385. The Morgan fingerprint density at radius 1 is 1.10 bits per heavy atom. The van der Waals surface area contributed by atoms with E-state index in [-0.39, 0.29) is 23.8 Å². The van der Waals surface area contributed by atoms with Gasteiger partial charge in [0.15, 0.2) is 23.2 Å². The molecule has 0 aliphatic heterocycles. The van der Waals surface area contributed by atoms with Gasteiger partial charge >= 0.3 is 0 Å². The number of nitrogens with one attached hydrogen (secondary N) is 1. The number of methoxy groups -OCH3 is 1. The Balaban J connectivity index is 2.28. The Morgan fingerprint density at radius 2 is 1.86 bits per heavy atom. The highest BCUT2D eigenvalue weighted by molar-refractivity contribution is 5.32. The molecule has 0 fully saturated rings. The topological polar surface area (TPSA) is 21.3 Å². The van der Waals surface area contributed by atoms with Crippen molar-refractivity contribution in [1.29, 1.82) is 0 Å². The van der Waals surface area contributed by atoms with Crippen molar-refractivity contribution < 1.29 is 17.9 Å². The van der Waals surface area contributed by atoms with Crippen molar-refractivity contribution in [2.24, 2.45) is 0 Å². The zero-order valence-corrected chi connectivity index (χ0v) is 11.8. The molecular formula is C16H16F3NO. The summed E-state index contributed by atoms with van der Waals surface area (Å²) in [5, 5.41) is 2.98. The van der Waals surface area contributed by atoms with Gasteiger partial charge in [-0.3, -0.25) is 0 Å². The second-order valence-electron chi connectivity index (χ2n) is 4.65. The molecule has 0 saturated carbocycles. The highest BCUT2D eigenvalue weighted by atomic mass is 19.2. The van der Waals surface area contributed by atoms with Crippen molar-refractivity contribution in [3.8, 4) is 5.75 Å². The van der Waals surface area contributed by atoms with Gasteiger partial charge in [0.25, 0.3) is 0 Å². The van der Waals surface area contributed by atoms with Crippen molar-refractivity contribution in [2.45, 2.75) is 12.5 Å². The van der Waals surface area contributed by atoms with E-state index in [0.717, 1.165) is 6.07 Å². The third-order valence-corrected chi connectivity index (χ3v) is 3.38. The molecular weight excluding hydrogens is 279 g/mol. The zero-order valence-electron chi connectivity index (χ0n) is 11.8. The van der Waals surface area contributed by atoms with Gasteiger partial charge in [0.1, 0.15) is 0 Å². The molecule has 0 amide bonds. The Kier molecular flexibility index (Phi) is 4.85. The molecule has 0 aliphatic carbocycles. The lowest BCUT2D eigenvalue weighted by Gasteiger charge is -2.18. The van der Waals surface area contributed by atoms with Gasteiger partial charge in [0.05, 0.1) is 7.11 Å². The average molecular weight is 295 g/mol. The van der Waals surface area contributed by atoms with Crippen LogP contribution in [0.1, 0.15) is 17.2 Å². The van der Waals surface area contributed by atoms with Gasteiger partial charge in [-0.2, -0.15) is 0 Å². The summed E-state index contributed by atoms with van der Waals surface area (Å²) in [7, 11) is 3.07. The summed E-state index contributed by atoms with van der Waals surface area (Å²) in [6.45, 7) is 0. The van der Waals surface area contributed by atoms with E-state index in [9.17, 15) is 13.2 Å². The minimum Gasteiger partial charge on any atom is -0.494 e. The first-order valence-corrected chi connectivity index (χ1v) is 6.50. The molecule has 1 atom stereocenters. The molecule has 0 spiro atoms. The average Bonchev–Trinajstić information content (AvgIpc) is 2.48. The van der Waals surface area contributed by atoms with Crippen molar-refractivity contribution >= 4 is 0 Å². The summed E-state index contributed by atoms with van der Waals surface area (Å²) in [6.07, 6.45) is 0.214. The second kappa shape index (κ2) is 6.63. The lowest BCUT2D eigenvalue weighted by atomic mass is 9.98. The normalized spacial score (nSPS) is 12.2. The fraction of sp³-hybridized carbons (Fsp3) is 0.250. The van der Waals surface area contributed by atoms with Crippen LogP contribution in [0.5, 0.6) is 5.75 Å². The van der Waals surface area contributed by atoms with Gasteiger partial charge in [-0.1, -0.05) is 18.2 Å². The zero-order chi connectivity index (χ0) is 15.4. The molecule has 2 nitrogen and oxygen atoms in total. The number of hydrogen-bond acceptors (Lipinski definition) is 2. The first-order valence-electron chi connectivity index (χ1n) is 6.50. The summed E-state index contributed by atoms with van der Waals surface area (Å²) in [4.78, 5) is 0. The number of benzene rings is 2. The Labute approximate surface area is 121 Å². The molecule has 0 heterocycles. The molecule has 0 radical (unpaired) electrons. The summed E-state index contributed by atoms with van der Waals surface area (Å²) in [5.74, 6) is -2.10. The van der Waals surface area contributed by atoms with Crippen LogP contribution in [0, 0.1) is 17.5 Å². The molecule has 0 aromatic heterocycles. The highest BCUT2D eigenvalue weighted by Gasteiger charge is 2.16. The van der Waals surface area contributed by atoms with Gasteiger partial charge in [-0.05, 0) is 42.8 Å². The summed E-state index contributed by atoms with van der Waals surface area (Å²) < 4.78 is 45.5. The van der Waals surface area contributed by atoms with Gasteiger partial charge in [0, 0.05) is 6.04 Å². The number of ether oxygens (including phenoxy) is 1. The molecule has 5 heteroatoms. The van der Waals surface area contributed by atoms with E-state index >= 15 is 0 Å². The summed E-state index contributed by atoms with van der Waals surface area (Å²) >= 11 is 0. The molecule has 0 saturated heterocycles. The van der Waals surface area contributed by atoms with Crippen molar-refractivity contribution in [3.63, 3.8) is 0 Å². The standard InChI is InChI=1S/C16H16F3NO/c1-20-14(9-11-4-3-5-12(17)16(11)19)10-6-7-15(21-2)13(18)8-10/h3-8,14,20H,9H2,1-2H3. The molecule has 21 heavy (non-hydrogen) atoms. The Morgan fingerprint density at radius 3 is 2.48 bits per heavy atom. The van der Waals surface area contributed by atoms with E-state index in [1.54, 1.807) is 13.1 Å². The molecule has 0 aliphatic rings. The van der Waals surface area contributed by atoms with Crippen LogP contribution in [0.2, 0.25) is 0 Å². The van der Waals surface area contributed by atoms with Crippen LogP contribution in [-0.4, -0.2) is 14.2 Å². The van der Waals surface area contributed by atoms with Crippen LogP contribution in [0.3, 0.4) is 0 Å². The van der Waals surface area contributed by atoms with E-state index in [1.165, 1.54) is 31.4 Å². The quantitative estimate of drug-likeness (QED) is 0.909. The third kappa shape index (κ3) is 3.36. The Bertz CT molecular complexity index is 631. The molecule has 2 aromatic carbocycles. The van der Waals surface area contributed by atoms with Crippen molar-refractivity contribution in [1.82, 2.24) is 5.32 Å². The summed E-state index contributed by atoms with van der Waals surface area (Å²) in [6, 6.07) is 8.24. The molecule has 112 valence electrons. The van der Waals surface area contributed by atoms with E-state index in [0.29, 0.717) is 5.56 Å². The van der Waals surface area contributed by atoms with Crippen LogP contribution in [-0.2, 0) is 6.42 Å². The van der Waals surface area contributed by atoms with Crippen molar-refractivity contribution in [3.05, 3.63) is 65.0 Å². The van der Waals surface area contributed by atoms with E-state index in [2.05, 4.69) is 5.32 Å². The molecule has 0 bridgehead atoms. The van der Waals surface area contributed by atoms with Crippen LogP contribution in [0.15, 0.2) is 36.4 Å². The van der Waals surface area contributed by atoms with E-state index in [4.69, 9.17) is 4.74 Å². The van der Waals surface area contributed by atoms with Crippen LogP contribution >= 0.6 is 0 Å². The monoisotopic (exact) mass is 295 g/mol. The predicted octanol–water partition coefficient (Wildman–Crippen LogP) is 3.62. The summed E-state index contributed by atoms with van der Waals surface area (Å²) in [5.41, 5.74) is 0.880. The first-order chi connectivity index (χ1) is 10.1. The smallest absolute Gasteiger partial charge is 0.165 e. The number of rotatable bonds is 5. The maximum Gasteiger partial charge on any atom is 0.165 e. The van der Waals surface area contributed by atoms with Gasteiger partial charge < -0.3 is 10.1 Å². The molecule has 2 aromatic rings. The molecule has 1 N–H and O–H groups in total. The minimum absolute atomic E-state index is 0.144. The molecule has 2 rings (SSSR count). The largest absolute Gasteiger partial charge is 0.494 e. The van der Waals surface area contributed by atoms with Crippen molar-refractivity contribution in [2.75, 3.05) is 14.2 Å². The van der Waals surface area contributed by atoms with Crippen LogP contribution < -0.4 is 10.1 Å². The number of halogens is 3. The van der Waals surface area contributed by atoms with Gasteiger partial charge in [-0.25, -0.2) is 13.2 Å². The first kappa shape index (κ1) is 15.4. The van der Waals surface area contributed by atoms with E-state index in [1.807, 2.05) is 0 Å². The minimum atomic E-state index is -0.886. The third-order valence-electron chi connectivity index (χ3n) is 3.38. The highest BCUT2D eigenvalue weighted by Crippen LogP contribution is 2.25. The SMILES string of the molecule is CNC(Cc1cccc(F)c1F)c1ccc(OC)c(F)c1. The lowest BCUT2D eigenvalue weighted by Crippen LogP contribution is -2.19. The predicted molar refractivity (Wildman–Crippen MR) is 74.8 cm³/mol. The van der Waals surface area contributed by atoms with E-state index < -0.39 is 17.5 Å². The Hall–Kier alpha value is -2.01. The number of likely N-dealkylation sites (N-methyl/N-ethyl adjacent to an activating group) is 1. The maximum atomic E-state index is 13.7. The van der Waals surface area contributed by atoms with Gasteiger partial charge in [-0.15, -0.1) is 0 Å². The van der Waals surface area contributed by atoms with Crippen LogP contribution in [0.25, 0.3) is 0 Å². The second-order valence-corrected chi connectivity index (χ2v) is 4.65. The van der Waals surface area contributed by atoms with Gasteiger partial charge in [0.2, 0.25) is 0 Å². The van der Waals surface area contributed by atoms with Crippen LogP contribution in [0.4, 0.5) is 13.2 Å². The molecule has 1 unspecified atom stereocenters.